The molecule has 3 N–H and O–H groups in total. The third-order valence-corrected chi connectivity index (χ3v) is 4.22. The number of aromatic nitrogens is 2. The van der Waals surface area contributed by atoms with Crippen molar-refractivity contribution in [2.24, 2.45) is 0 Å². The van der Waals surface area contributed by atoms with Gasteiger partial charge in [0.15, 0.2) is 0 Å². The van der Waals surface area contributed by atoms with Crippen LogP contribution in [0.4, 0.5) is 10.5 Å². The molecule has 0 aliphatic heterocycles. The lowest BCUT2D eigenvalue weighted by molar-refractivity contribution is 0.252. The first-order valence-electron chi connectivity index (χ1n) is 6.64. The van der Waals surface area contributed by atoms with Crippen molar-refractivity contribution in [3.05, 3.63) is 57.4 Å². The van der Waals surface area contributed by atoms with Crippen LogP contribution < -0.4 is 10.6 Å². The van der Waals surface area contributed by atoms with Gasteiger partial charge in [-0.05, 0) is 18.2 Å². The SMILES string of the molecule is O=C(NCc1c(Cl)cncc1Cl)Nc1cc(Cl)c2cc[nH]c2c1. The molecule has 2 heterocycles. The van der Waals surface area contributed by atoms with E-state index in [1.165, 1.54) is 12.4 Å². The summed E-state index contributed by atoms with van der Waals surface area (Å²) in [5, 5.41) is 7.65. The van der Waals surface area contributed by atoms with Crippen molar-refractivity contribution >= 4 is 57.4 Å². The second-order valence-corrected chi connectivity index (χ2v) is 6.01. The smallest absolute Gasteiger partial charge is 0.319 e. The highest BCUT2D eigenvalue weighted by atomic mass is 35.5. The minimum Gasteiger partial charge on any atom is -0.361 e. The van der Waals surface area contributed by atoms with Gasteiger partial charge in [0.05, 0.1) is 15.1 Å². The van der Waals surface area contributed by atoms with Crippen LogP contribution in [0.1, 0.15) is 5.56 Å². The van der Waals surface area contributed by atoms with Crippen LogP contribution in [0.15, 0.2) is 36.8 Å². The molecule has 2 aromatic heterocycles. The van der Waals surface area contributed by atoms with Crippen molar-refractivity contribution < 1.29 is 4.79 Å². The average Bonchev–Trinajstić information content (AvgIpc) is 2.95. The van der Waals surface area contributed by atoms with E-state index in [0.29, 0.717) is 26.3 Å². The van der Waals surface area contributed by atoms with Crippen LogP contribution in [-0.2, 0) is 6.54 Å². The number of carbonyl (C=O) groups is 1. The number of anilines is 1. The van der Waals surface area contributed by atoms with Gasteiger partial charge in [-0.25, -0.2) is 4.79 Å². The Morgan fingerprint density at radius 2 is 1.87 bits per heavy atom. The second kappa shape index (κ2) is 6.66. The third kappa shape index (κ3) is 3.52. The van der Waals surface area contributed by atoms with Crippen molar-refractivity contribution in [2.45, 2.75) is 6.54 Å². The molecule has 0 radical (unpaired) electrons. The van der Waals surface area contributed by atoms with Gasteiger partial charge in [-0.1, -0.05) is 34.8 Å². The fraction of sp³-hybridized carbons (Fsp3) is 0.0667. The molecule has 0 aliphatic carbocycles. The lowest BCUT2D eigenvalue weighted by atomic mass is 10.2. The summed E-state index contributed by atoms with van der Waals surface area (Å²) >= 11 is 18.2. The second-order valence-electron chi connectivity index (χ2n) is 4.79. The number of rotatable bonds is 3. The number of hydrogen-bond acceptors (Lipinski definition) is 2. The number of H-pyrrole nitrogens is 1. The summed E-state index contributed by atoms with van der Waals surface area (Å²) in [6.45, 7) is 0.185. The van der Waals surface area contributed by atoms with Crippen LogP contribution in [0, 0.1) is 0 Å². The highest BCUT2D eigenvalue weighted by Crippen LogP contribution is 2.27. The molecular formula is C15H11Cl3N4O. The quantitative estimate of drug-likeness (QED) is 0.618. The van der Waals surface area contributed by atoms with Crippen LogP contribution in [0.2, 0.25) is 15.1 Å². The van der Waals surface area contributed by atoms with Gasteiger partial charge in [0.2, 0.25) is 0 Å². The van der Waals surface area contributed by atoms with Crippen LogP contribution in [0.25, 0.3) is 10.9 Å². The maximum Gasteiger partial charge on any atom is 0.319 e. The van der Waals surface area contributed by atoms with Gasteiger partial charge in [0.25, 0.3) is 0 Å². The van der Waals surface area contributed by atoms with E-state index in [1.807, 2.05) is 6.07 Å². The molecule has 3 aromatic rings. The monoisotopic (exact) mass is 368 g/mol. The number of benzene rings is 1. The number of halogens is 3. The first-order chi connectivity index (χ1) is 11.0. The topological polar surface area (TPSA) is 69.8 Å². The van der Waals surface area contributed by atoms with E-state index in [4.69, 9.17) is 34.8 Å². The molecule has 0 unspecified atom stereocenters. The van der Waals surface area contributed by atoms with Gasteiger partial charge < -0.3 is 15.6 Å². The predicted molar refractivity (Wildman–Crippen MR) is 93.4 cm³/mol. The maximum absolute atomic E-state index is 12.0. The lowest BCUT2D eigenvalue weighted by Gasteiger charge is -2.10. The van der Waals surface area contributed by atoms with E-state index < -0.39 is 6.03 Å². The molecule has 5 nitrogen and oxygen atoms in total. The Balaban J connectivity index is 1.69. The Kier molecular flexibility index (Phi) is 4.61. The molecular weight excluding hydrogens is 359 g/mol. The van der Waals surface area contributed by atoms with E-state index in [2.05, 4.69) is 20.6 Å². The van der Waals surface area contributed by atoms with Crippen LogP contribution in [0.5, 0.6) is 0 Å². The lowest BCUT2D eigenvalue weighted by Crippen LogP contribution is -2.28. The Bertz CT molecular complexity index is 858. The van der Waals surface area contributed by atoms with E-state index in [0.717, 1.165) is 10.9 Å². The molecule has 0 atom stereocenters. The third-order valence-electron chi connectivity index (χ3n) is 3.25. The zero-order chi connectivity index (χ0) is 16.4. The molecule has 0 fully saturated rings. The molecule has 1 aromatic carbocycles. The number of amides is 2. The molecule has 23 heavy (non-hydrogen) atoms. The summed E-state index contributed by atoms with van der Waals surface area (Å²) in [6.07, 6.45) is 4.73. The van der Waals surface area contributed by atoms with Crippen molar-refractivity contribution in [2.75, 3.05) is 5.32 Å². The number of nitrogens with one attached hydrogen (secondary N) is 3. The summed E-state index contributed by atoms with van der Waals surface area (Å²) in [5.74, 6) is 0. The zero-order valence-corrected chi connectivity index (χ0v) is 13.9. The van der Waals surface area contributed by atoms with Crippen molar-refractivity contribution in [1.29, 1.82) is 0 Å². The standard InChI is InChI=1S/C15H11Cl3N4O/c16-11-3-8(4-14-9(11)1-2-20-14)22-15(23)21-5-10-12(17)6-19-7-13(10)18/h1-4,6-7,20H,5H2,(H2,21,22,23). The van der Waals surface area contributed by atoms with E-state index in [9.17, 15) is 4.79 Å². The normalized spacial score (nSPS) is 10.7. The van der Waals surface area contributed by atoms with Crippen LogP contribution >= 0.6 is 34.8 Å². The summed E-state index contributed by atoms with van der Waals surface area (Å²) in [5.41, 5.74) is 2.03. The molecule has 0 saturated carbocycles. The highest BCUT2D eigenvalue weighted by molar-refractivity contribution is 6.36. The van der Waals surface area contributed by atoms with Gasteiger partial charge in [0.1, 0.15) is 0 Å². The number of pyridine rings is 1. The Morgan fingerprint density at radius 1 is 1.13 bits per heavy atom. The van der Waals surface area contributed by atoms with Gasteiger partial charge in [-0.3, -0.25) is 4.98 Å². The predicted octanol–water partition coefficient (Wildman–Crippen LogP) is 4.84. The van der Waals surface area contributed by atoms with Crippen molar-refractivity contribution in [1.82, 2.24) is 15.3 Å². The van der Waals surface area contributed by atoms with E-state index in [1.54, 1.807) is 18.3 Å². The molecule has 2 amide bonds. The summed E-state index contributed by atoms with van der Waals surface area (Å²) in [6, 6.07) is 4.96. The van der Waals surface area contributed by atoms with Crippen LogP contribution in [0.3, 0.4) is 0 Å². The Labute approximate surface area is 146 Å². The van der Waals surface area contributed by atoms with E-state index >= 15 is 0 Å². The summed E-state index contributed by atoms with van der Waals surface area (Å²) < 4.78 is 0. The fourth-order valence-corrected chi connectivity index (χ4v) is 2.93. The zero-order valence-electron chi connectivity index (χ0n) is 11.7. The number of fused-ring (bicyclic) bond motifs is 1. The summed E-state index contributed by atoms with van der Waals surface area (Å²) in [4.78, 5) is 18.9. The highest BCUT2D eigenvalue weighted by Gasteiger charge is 2.10. The molecule has 118 valence electrons. The Morgan fingerprint density at radius 3 is 2.61 bits per heavy atom. The molecule has 0 spiro atoms. The minimum absolute atomic E-state index is 0.185. The molecule has 0 aliphatic rings. The van der Waals surface area contributed by atoms with Crippen molar-refractivity contribution in [3.63, 3.8) is 0 Å². The number of aromatic amines is 1. The number of nitrogens with zero attached hydrogens (tertiary/aromatic N) is 1. The molecule has 0 saturated heterocycles. The summed E-state index contributed by atoms with van der Waals surface area (Å²) in [7, 11) is 0. The fourth-order valence-electron chi connectivity index (χ4n) is 2.14. The molecule has 0 bridgehead atoms. The first-order valence-corrected chi connectivity index (χ1v) is 7.77. The van der Waals surface area contributed by atoms with Gasteiger partial charge in [-0.15, -0.1) is 0 Å². The van der Waals surface area contributed by atoms with Crippen molar-refractivity contribution in [3.8, 4) is 0 Å². The number of hydrogen-bond donors (Lipinski definition) is 3. The number of urea groups is 1. The molecule has 8 heteroatoms. The minimum atomic E-state index is -0.393. The Hall–Kier alpha value is -1.95. The van der Waals surface area contributed by atoms with Gasteiger partial charge in [0, 0.05) is 47.3 Å². The first kappa shape index (κ1) is 15.9. The van der Waals surface area contributed by atoms with Crippen LogP contribution in [-0.4, -0.2) is 16.0 Å². The largest absolute Gasteiger partial charge is 0.361 e. The van der Waals surface area contributed by atoms with Gasteiger partial charge in [-0.2, -0.15) is 0 Å². The van der Waals surface area contributed by atoms with Gasteiger partial charge >= 0.3 is 6.03 Å². The number of carbonyl (C=O) groups excluding carboxylic acids is 1. The molecule has 3 rings (SSSR count). The maximum atomic E-state index is 12.0. The average molecular weight is 370 g/mol. The van der Waals surface area contributed by atoms with E-state index in [-0.39, 0.29) is 6.54 Å².